The summed E-state index contributed by atoms with van der Waals surface area (Å²) in [4.78, 5) is 14.8. The molecule has 25 heavy (non-hydrogen) atoms. The van der Waals surface area contributed by atoms with Crippen molar-refractivity contribution in [2.24, 2.45) is 0 Å². The summed E-state index contributed by atoms with van der Waals surface area (Å²) in [5, 5.41) is 2.87. The van der Waals surface area contributed by atoms with Gasteiger partial charge in [-0.2, -0.15) is 0 Å². The number of benzene rings is 2. The highest BCUT2D eigenvalue weighted by molar-refractivity contribution is 5.89. The molecular weight excluding hydrogens is 315 g/mol. The van der Waals surface area contributed by atoms with E-state index < -0.39 is 0 Å². The molecule has 0 radical (unpaired) electrons. The zero-order valence-electron chi connectivity index (χ0n) is 14.9. The maximum absolute atomic E-state index is 13.8. The number of rotatable bonds is 2. The lowest BCUT2D eigenvalue weighted by molar-refractivity contribution is 0.189. The highest BCUT2D eigenvalue weighted by atomic mass is 19.1. The van der Waals surface area contributed by atoms with Gasteiger partial charge in [0.05, 0.1) is 6.04 Å². The van der Waals surface area contributed by atoms with Crippen molar-refractivity contribution in [3.05, 3.63) is 65.0 Å². The lowest BCUT2D eigenvalue weighted by Crippen LogP contribution is -2.38. The Morgan fingerprint density at radius 1 is 1.12 bits per heavy atom. The summed E-state index contributed by atoms with van der Waals surface area (Å²) in [6.07, 6.45) is 4.20. The lowest BCUT2D eigenvalue weighted by Gasteiger charge is -2.31. The fraction of sp³-hybridized carbons (Fsp3) is 0.381. The van der Waals surface area contributed by atoms with E-state index in [1.165, 1.54) is 17.2 Å². The van der Waals surface area contributed by atoms with Crippen LogP contribution in [0.2, 0.25) is 0 Å². The Morgan fingerprint density at radius 3 is 2.72 bits per heavy atom. The first-order valence-corrected chi connectivity index (χ1v) is 8.95. The Labute approximate surface area is 148 Å². The van der Waals surface area contributed by atoms with E-state index in [1.54, 1.807) is 19.1 Å². The molecule has 1 fully saturated rings. The van der Waals surface area contributed by atoms with Gasteiger partial charge in [-0.15, -0.1) is 0 Å². The van der Waals surface area contributed by atoms with Gasteiger partial charge in [-0.1, -0.05) is 48.7 Å². The van der Waals surface area contributed by atoms with E-state index in [4.69, 9.17) is 0 Å². The molecule has 0 saturated carbocycles. The van der Waals surface area contributed by atoms with Gasteiger partial charge in [0.1, 0.15) is 5.82 Å². The quantitative estimate of drug-likeness (QED) is 0.759. The number of carbonyl (C=O) groups excluding carboxylic acids is 1. The Morgan fingerprint density at radius 2 is 1.96 bits per heavy atom. The van der Waals surface area contributed by atoms with Gasteiger partial charge in [0.25, 0.3) is 0 Å². The largest absolute Gasteiger partial charge is 0.322 e. The molecular formula is C21H25FN2O. The number of urea groups is 1. The molecule has 1 aliphatic rings. The summed E-state index contributed by atoms with van der Waals surface area (Å²) in [5.41, 5.74) is 3.44. The van der Waals surface area contributed by atoms with Crippen LogP contribution >= 0.6 is 0 Å². The molecule has 0 aliphatic carbocycles. The molecule has 0 bridgehead atoms. The fourth-order valence-electron chi connectivity index (χ4n) is 3.44. The summed E-state index contributed by atoms with van der Waals surface area (Å²) in [7, 11) is 0. The number of anilines is 1. The molecule has 2 aromatic carbocycles. The van der Waals surface area contributed by atoms with Crippen molar-refractivity contribution in [2.75, 3.05) is 11.9 Å². The summed E-state index contributed by atoms with van der Waals surface area (Å²) < 4.78 is 13.8. The SMILES string of the molecule is Cc1cccc([C@H]2CCCCCN2C(=O)Nc2ccc(C)c(F)c2)c1. The molecule has 1 saturated heterocycles. The molecule has 1 heterocycles. The average Bonchev–Trinajstić information content (AvgIpc) is 2.84. The standard InChI is InChI=1S/C21H25FN2O/c1-15-7-6-8-17(13-15)20-9-4-3-5-12-24(20)21(25)23-18-11-10-16(2)19(22)14-18/h6-8,10-11,13-14,20H,3-5,9,12H2,1-2H3,(H,23,25)/t20-/m1/s1. The van der Waals surface area contributed by atoms with Crippen LogP contribution in [0.15, 0.2) is 42.5 Å². The second-order valence-electron chi connectivity index (χ2n) is 6.87. The third-order valence-corrected chi connectivity index (χ3v) is 4.86. The highest BCUT2D eigenvalue weighted by Crippen LogP contribution is 2.31. The number of hydrogen-bond donors (Lipinski definition) is 1. The molecule has 2 amide bonds. The van der Waals surface area contributed by atoms with Gasteiger partial charge in [-0.25, -0.2) is 9.18 Å². The zero-order chi connectivity index (χ0) is 17.8. The molecule has 1 atom stereocenters. The van der Waals surface area contributed by atoms with E-state index in [1.807, 2.05) is 11.0 Å². The van der Waals surface area contributed by atoms with Gasteiger partial charge in [0.2, 0.25) is 0 Å². The van der Waals surface area contributed by atoms with Crippen molar-refractivity contribution in [1.82, 2.24) is 4.90 Å². The molecule has 2 aromatic rings. The summed E-state index contributed by atoms with van der Waals surface area (Å²) >= 11 is 0. The first-order chi connectivity index (χ1) is 12.0. The molecule has 132 valence electrons. The van der Waals surface area contributed by atoms with Crippen molar-refractivity contribution in [3.8, 4) is 0 Å². The van der Waals surface area contributed by atoms with E-state index in [2.05, 4.69) is 30.4 Å². The molecule has 0 aromatic heterocycles. The summed E-state index contributed by atoms with van der Waals surface area (Å²) in [6.45, 7) is 4.50. The van der Waals surface area contributed by atoms with Crippen LogP contribution in [-0.2, 0) is 0 Å². The van der Waals surface area contributed by atoms with Crippen LogP contribution in [-0.4, -0.2) is 17.5 Å². The van der Waals surface area contributed by atoms with E-state index in [9.17, 15) is 9.18 Å². The predicted octanol–water partition coefficient (Wildman–Crippen LogP) is 5.59. The molecule has 3 nitrogen and oxygen atoms in total. The Bertz CT molecular complexity index is 759. The fourth-order valence-corrected chi connectivity index (χ4v) is 3.44. The van der Waals surface area contributed by atoms with Gasteiger partial charge in [-0.3, -0.25) is 0 Å². The number of halogens is 1. The van der Waals surface area contributed by atoms with Crippen molar-refractivity contribution in [1.29, 1.82) is 0 Å². The summed E-state index contributed by atoms with van der Waals surface area (Å²) in [5.74, 6) is -0.302. The normalized spacial score (nSPS) is 17.9. The van der Waals surface area contributed by atoms with Gasteiger partial charge in [0, 0.05) is 12.2 Å². The molecule has 3 rings (SSSR count). The third-order valence-electron chi connectivity index (χ3n) is 4.86. The first-order valence-electron chi connectivity index (χ1n) is 8.95. The average molecular weight is 340 g/mol. The smallest absolute Gasteiger partial charge is 0.317 e. The number of aryl methyl sites for hydroxylation is 2. The van der Waals surface area contributed by atoms with Crippen LogP contribution in [0.1, 0.15) is 48.4 Å². The van der Waals surface area contributed by atoms with Crippen LogP contribution in [0, 0.1) is 19.7 Å². The molecule has 1 aliphatic heterocycles. The van der Waals surface area contributed by atoms with Gasteiger partial charge < -0.3 is 10.2 Å². The number of amides is 2. The second-order valence-corrected chi connectivity index (χ2v) is 6.87. The van der Waals surface area contributed by atoms with E-state index in [0.717, 1.165) is 32.2 Å². The van der Waals surface area contributed by atoms with Crippen molar-refractivity contribution < 1.29 is 9.18 Å². The second kappa shape index (κ2) is 7.68. The number of likely N-dealkylation sites (tertiary alicyclic amines) is 1. The van der Waals surface area contributed by atoms with E-state index in [-0.39, 0.29) is 17.9 Å². The van der Waals surface area contributed by atoms with Crippen molar-refractivity contribution >= 4 is 11.7 Å². The third kappa shape index (κ3) is 4.19. The Hall–Kier alpha value is -2.36. The van der Waals surface area contributed by atoms with Crippen molar-refractivity contribution in [3.63, 3.8) is 0 Å². The number of hydrogen-bond acceptors (Lipinski definition) is 1. The minimum Gasteiger partial charge on any atom is -0.317 e. The highest BCUT2D eigenvalue weighted by Gasteiger charge is 2.27. The van der Waals surface area contributed by atoms with Crippen LogP contribution < -0.4 is 5.32 Å². The monoisotopic (exact) mass is 340 g/mol. The van der Waals surface area contributed by atoms with Crippen LogP contribution in [0.25, 0.3) is 0 Å². The minimum atomic E-state index is -0.302. The van der Waals surface area contributed by atoms with Crippen LogP contribution in [0.3, 0.4) is 0 Å². The molecule has 0 spiro atoms. The van der Waals surface area contributed by atoms with E-state index >= 15 is 0 Å². The predicted molar refractivity (Wildman–Crippen MR) is 99.2 cm³/mol. The van der Waals surface area contributed by atoms with E-state index in [0.29, 0.717) is 11.3 Å². The maximum Gasteiger partial charge on any atom is 0.322 e. The number of nitrogens with one attached hydrogen (secondary N) is 1. The molecule has 4 heteroatoms. The maximum atomic E-state index is 13.8. The zero-order valence-corrected chi connectivity index (χ0v) is 14.9. The van der Waals surface area contributed by atoms with Gasteiger partial charge >= 0.3 is 6.03 Å². The Kier molecular flexibility index (Phi) is 5.37. The van der Waals surface area contributed by atoms with Crippen LogP contribution in [0.5, 0.6) is 0 Å². The summed E-state index contributed by atoms with van der Waals surface area (Å²) in [6, 6.07) is 13.1. The number of carbonyl (C=O) groups is 1. The van der Waals surface area contributed by atoms with Crippen molar-refractivity contribution in [2.45, 2.75) is 45.6 Å². The molecule has 0 unspecified atom stereocenters. The number of nitrogens with zero attached hydrogens (tertiary/aromatic N) is 1. The lowest BCUT2D eigenvalue weighted by atomic mass is 9.99. The Balaban J connectivity index is 1.82. The van der Waals surface area contributed by atoms with Gasteiger partial charge in [-0.05, 0) is 49.9 Å². The van der Waals surface area contributed by atoms with Gasteiger partial charge in [0.15, 0.2) is 0 Å². The topological polar surface area (TPSA) is 32.3 Å². The minimum absolute atomic E-state index is 0.0673. The first kappa shape index (κ1) is 17.5. The molecule has 1 N–H and O–H groups in total. The van der Waals surface area contributed by atoms with Crippen LogP contribution in [0.4, 0.5) is 14.9 Å².